The fourth-order valence-corrected chi connectivity index (χ4v) is 2.45. The van der Waals surface area contributed by atoms with Crippen molar-refractivity contribution in [1.82, 2.24) is 4.90 Å². The molecule has 18 heavy (non-hydrogen) atoms. The molecular weight excluding hydrogens is 270 g/mol. The van der Waals surface area contributed by atoms with Crippen LogP contribution in [0.25, 0.3) is 0 Å². The quantitative estimate of drug-likeness (QED) is 0.402. The highest BCUT2D eigenvalue weighted by Crippen LogP contribution is 2.32. The highest BCUT2D eigenvalue weighted by Gasteiger charge is 2.15. The molecule has 0 bridgehead atoms. The van der Waals surface area contributed by atoms with Crippen LogP contribution in [0.1, 0.15) is 13.8 Å². The zero-order valence-corrected chi connectivity index (χ0v) is 12.5. The summed E-state index contributed by atoms with van der Waals surface area (Å²) in [6.07, 6.45) is 0. The molecule has 0 saturated heterocycles. The molecule has 0 aliphatic carbocycles. The van der Waals surface area contributed by atoms with E-state index in [0.29, 0.717) is 16.0 Å². The van der Waals surface area contributed by atoms with Crippen LogP contribution in [-0.4, -0.2) is 30.3 Å². The van der Waals surface area contributed by atoms with Crippen LogP contribution < -0.4 is 10.9 Å². The highest BCUT2D eigenvalue weighted by atomic mass is 35.5. The Morgan fingerprint density at radius 3 is 2.44 bits per heavy atom. The molecule has 0 radical (unpaired) electrons. The van der Waals surface area contributed by atoms with E-state index in [2.05, 4.69) is 13.8 Å². The van der Waals surface area contributed by atoms with E-state index in [1.165, 1.54) is 4.90 Å². The van der Waals surface area contributed by atoms with E-state index in [1.54, 1.807) is 38.0 Å². The van der Waals surface area contributed by atoms with Crippen molar-refractivity contribution < 1.29 is 4.79 Å². The second kappa shape index (κ2) is 6.31. The third-order valence-electron chi connectivity index (χ3n) is 2.14. The van der Waals surface area contributed by atoms with Gasteiger partial charge in [-0.25, -0.2) is 15.6 Å². The van der Waals surface area contributed by atoms with Gasteiger partial charge in [0.15, 0.2) is 0 Å². The average molecular weight is 288 g/mol. The molecule has 0 aromatic heterocycles. The first-order chi connectivity index (χ1) is 8.32. The number of hydrogen-bond acceptors (Lipinski definition) is 3. The molecule has 0 unspecified atom stereocenters. The van der Waals surface area contributed by atoms with Crippen molar-refractivity contribution in [2.45, 2.75) is 24.0 Å². The number of thioether (sulfide) groups is 1. The normalized spacial score (nSPS) is 10.6. The molecule has 6 heteroatoms. The lowest BCUT2D eigenvalue weighted by molar-refractivity contribution is 0.224. The van der Waals surface area contributed by atoms with Crippen molar-refractivity contribution in [3.05, 3.63) is 23.2 Å². The first-order valence-corrected chi connectivity index (χ1v) is 6.81. The number of carbonyl (C=O) groups is 1. The maximum absolute atomic E-state index is 11.7. The monoisotopic (exact) mass is 287 g/mol. The third kappa shape index (κ3) is 3.80. The number of benzene rings is 1. The van der Waals surface area contributed by atoms with Gasteiger partial charge in [0.05, 0.1) is 10.7 Å². The Morgan fingerprint density at radius 1 is 1.39 bits per heavy atom. The van der Waals surface area contributed by atoms with Crippen molar-refractivity contribution in [1.29, 1.82) is 0 Å². The Bertz CT molecular complexity index is 437. The van der Waals surface area contributed by atoms with Crippen molar-refractivity contribution in [3.63, 3.8) is 0 Å². The number of halogens is 1. The highest BCUT2D eigenvalue weighted by molar-refractivity contribution is 8.00. The van der Waals surface area contributed by atoms with Crippen LogP contribution >= 0.6 is 23.4 Å². The molecular formula is C12H18ClN3OS. The number of anilines is 1. The Morgan fingerprint density at radius 2 is 2.00 bits per heavy atom. The van der Waals surface area contributed by atoms with Crippen LogP contribution in [-0.2, 0) is 0 Å². The summed E-state index contributed by atoms with van der Waals surface area (Å²) in [6, 6.07) is 5.08. The lowest BCUT2D eigenvalue weighted by Crippen LogP contribution is -2.44. The molecule has 1 aromatic carbocycles. The van der Waals surface area contributed by atoms with Gasteiger partial charge in [-0.15, -0.1) is 11.8 Å². The maximum Gasteiger partial charge on any atom is 0.338 e. The summed E-state index contributed by atoms with van der Waals surface area (Å²) >= 11 is 7.85. The zero-order valence-electron chi connectivity index (χ0n) is 11.0. The Balaban J connectivity index is 2.93. The number of carbonyl (C=O) groups excluding carboxylic acids is 1. The molecule has 0 heterocycles. The fraction of sp³-hybridized carbons (Fsp3) is 0.417. The van der Waals surface area contributed by atoms with E-state index in [4.69, 9.17) is 17.4 Å². The van der Waals surface area contributed by atoms with Crippen molar-refractivity contribution in [2.75, 3.05) is 19.1 Å². The predicted octanol–water partition coefficient (Wildman–Crippen LogP) is 3.20. The van der Waals surface area contributed by atoms with Gasteiger partial charge >= 0.3 is 6.03 Å². The summed E-state index contributed by atoms with van der Waals surface area (Å²) in [7, 11) is 3.29. The summed E-state index contributed by atoms with van der Waals surface area (Å²) in [5.41, 5.74) is 0.576. The lowest BCUT2D eigenvalue weighted by Gasteiger charge is -2.21. The van der Waals surface area contributed by atoms with Gasteiger partial charge in [-0.1, -0.05) is 25.4 Å². The van der Waals surface area contributed by atoms with Gasteiger partial charge in [0.2, 0.25) is 0 Å². The molecule has 2 N–H and O–H groups in total. The van der Waals surface area contributed by atoms with Crippen LogP contribution in [0.3, 0.4) is 0 Å². The van der Waals surface area contributed by atoms with Crippen LogP contribution in [0.2, 0.25) is 5.02 Å². The molecule has 0 aliphatic heterocycles. The predicted molar refractivity (Wildman–Crippen MR) is 78.2 cm³/mol. The summed E-state index contributed by atoms with van der Waals surface area (Å²) in [4.78, 5) is 14.1. The topological polar surface area (TPSA) is 49.6 Å². The second-order valence-electron chi connectivity index (χ2n) is 4.33. The van der Waals surface area contributed by atoms with Crippen LogP contribution in [0.5, 0.6) is 0 Å². The van der Waals surface area contributed by atoms with E-state index in [-0.39, 0.29) is 6.03 Å². The van der Waals surface area contributed by atoms with Crippen LogP contribution in [0.4, 0.5) is 10.5 Å². The summed E-state index contributed by atoms with van der Waals surface area (Å²) in [5.74, 6) is 5.74. The number of nitrogens with zero attached hydrogens (tertiary/aromatic N) is 2. The van der Waals surface area contributed by atoms with E-state index in [1.807, 2.05) is 6.07 Å². The Hall–Kier alpha value is -0.910. The van der Waals surface area contributed by atoms with Gasteiger partial charge in [0.25, 0.3) is 0 Å². The molecule has 1 aromatic rings. The van der Waals surface area contributed by atoms with Crippen LogP contribution in [0.15, 0.2) is 23.1 Å². The minimum atomic E-state index is -0.296. The second-order valence-corrected chi connectivity index (χ2v) is 6.35. The summed E-state index contributed by atoms with van der Waals surface area (Å²) < 4.78 is 0. The van der Waals surface area contributed by atoms with Crippen molar-refractivity contribution in [3.8, 4) is 0 Å². The largest absolute Gasteiger partial charge is 0.338 e. The van der Waals surface area contributed by atoms with Crippen molar-refractivity contribution >= 4 is 35.1 Å². The molecule has 0 atom stereocenters. The lowest BCUT2D eigenvalue weighted by atomic mass is 10.3. The Kier molecular flexibility index (Phi) is 5.31. The molecule has 0 aliphatic rings. The maximum atomic E-state index is 11.7. The van der Waals surface area contributed by atoms with Crippen LogP contribution in [0, 0.1) is 0 Å². The molecule has 0 spiro atoms. The first kappa shape index (κ1) is 15.1. The smallest absolute Gasteiger partial charge is 0.329 e. The minimum absolute atomic E-state index is 0.296. The Labute approximate surface area is 117 Å². The van der Waals surface area contributed by atoms with Gasteiger partial charge < -0.3 is 4.90 Å². The number of rotatable bonds is 3. The first-order valence-electron chi connectivity index (χ1n) is 5.55. The number of hydrogen-bond donors (Lipinski definition) is 1. The average Bonchev–Trinajstić information content (AvgIpc) is 2.29. The van der Waals surface area contributed by atoms with E-state index in [9.17, 15) is 4.79 Å². The third-order valence-corrected chi connectivity index (χ3v) is 3.65. The number of urea groups is 1. The van der Waals surface area contributed by atoms with Crippen molar-refractivity contribution in [2.24, 2.45) is 5.84 Å². The molecule has 0 saturated carbocycles. The number of amides is 2. The zero-order chi connectivity index (χ0) is 13.9. The number of nitrogens with two attached hydrogens (primary N) is 1. The summed E-state index contributed by atoms with van der Waals surface area (Å²) in [6.45, 7) is 4.19. The standard InChI is InChI=1S/C12H18ClN3OS/c1-8(2)18-11-6-5-9(7-10(11)13)16(14)12(17)15(3)4/h5-8H,14H2,1-4H3. The van der Waals surface area contributed by atoms with Gasteiger partial charge in [0.1, 0.15) is 0 Å². The van der Waals surface area contributed by atoms with E-state index < -0.39 is 0 Å². The molecule has 2 amide bonds. The summed E-state index contributed by atoms with van der Waals surface area (Å²) in [5, 5.41) is 2.13. The van der Waals surface area contributed by atoms with Gasteiger partial charge in [0, 0.05) is 24.2 Å². The molecule has 100 valence electrons. The molecule has 0 fully saturated rings. The molecule has 4 nitrogen and oxygen atoms in total. The fourth-order valence-electron chi connectivity index (χ4n) is 1.32. The SMILES string of the molecule is CC(C)Sc1ccc(N(N)C(=O)N(C)C)cc1Cl. The van der Waals surface area contributed by atoms with Gasteiger partial charge in [-0.2, -0.15) is 0 Å². The van der Waals surface area contributed by atoms with Gasteiger partial charge in [-0.05, 0) is 18.2 Å². The van der Waals surface area contributed by atoms with Gasteiger partial charge in [-0.3, -0.25) is 0 Å². The minimum Gasteiger partial charge on any atom is -0.329 e. The van der Waals surface area contributed by atoms with E-state index >= 15 is 0 Å². The molecule has 1 rings (SSSR count). The van der Waals surface area contributed by atoms with E-state index in [0.717, 1.165) is 9.90 Å². The number of hydrazine groups is 1.